The molecular formula is C14H17BFNO3. The van der Waals surface area contributed by atoms with Crippen LogP contribution in [0.5, 0.6) is 0 Å². The number of rotatable bonds is 6. The molecule has 4 nitrogen and oxygen atoms in total. The van der Waals surface area contributed by atoms with Gasteiger partial charge in [-0.3, -0.25) is 4.90 Å². The van der Waals surface area contributed by atoms with Gasteiger partial charge in [-0.05, 0) is 41.8 Å². The van der Waals surface area contributed by atoms with Gasteiger partial charge in [-0.25, -0.2) is 4.39 Å². The molecule has 0 fully saturated rings. The van der Waals surface area contributed by atoms with E-state index < -0.39 is 12.9 Å². The molecule has 106 valence electrons. The summed E-state index contributed by atoms with van der Waals surface area (Å²) in [5, 5.41) is 18.3. The largest absolute Gasteiger partial charge is 0.488 e. The van der Waals surface area contributed by atoms with Crippen molar-refractivity contribution in [1.82, 2.24) is 4.90 Å². The van der Waals surface area contributed by atoms with Gasteiger partial charge < -0.3 is 14.5 Å². The minimum atomic E-state index is -1.66. The Bertz CT molecular complexity index is 545. The van der Waals surface area contributed by atoms with E-state index in [0.29, 0.717) is 18.7 Å². The van der Waals surface area contributed by atoms with Crippen LogP contribution in [0.25, 0.3) is 0 Å². The number of nitrogens with zero attached hydrogens (tertiary/aromatic N) is 1. The fourth-order valence-electron chi connectivity index (χ4n) is 2.08. The molecule has 6 heteroatoms. The second-order valence-corrected chi connectivity index (χ2v) is 4.65. The van der Waals surface area contributed by atoms with E-state index >= 15 is 0 Å². The van der Waals surface area contributed by atoms with Crippen LogP contribution in [0.15, 0.2) is 41.0 Å². The van der Waals surface area contributed by atoms with Crippen molar-refractivity contribution in [2.24, 2.45) is 0 Å². The molecule has 0 aliphatic heterocycles. The highest BCUT2D eigenvalue weighted by Crippen LogP contribution is 2.11. The van der Waals surface area contributed by atoms with Gasteiger partial charge in [0.1, 0.15) is 11.6 Å². The maximum atomic E-state index is 13.5. The summed E-state index contributed by atoms with van der Waals surface area (Å²) in [5.41, 5.74) is 0.857. The maximum Gasteiger partial charge on any atom is 0.488 e. The third-order valence-corrected chi connectivity index (χ3v) is 3.09. The number of hydrogen-bond donors (Lipinski definition) is 2. The quantitative estimate of drug-likeness (QED) is 0.777. The number of furan rings is 1. The molecule has 2 rings (SSSR count). The summed E-state index contributed by atoms with van der Waals surface area (Å²) in [6.45, 7) is 3.91. The lowest BCUT2D eigenvalue weighted by Crippen LogP contribution is -2.31. The van der Waals surface area contributed by atoms with Gasteiger partial charge >= 0.3 is 7.12 Å². The molecule has 0 aliphatic rings. The van der Waals surface area contributed by atoms with Gasteiger partial charge in [0.05, 0.1) is 12.8 Å². The SMILES string of the molecule is CCN(Cc1cc(F)cc(B(O)O)c1)Cc1ccco1. The lowest BCUT2D eigenvalue weighted by Gasteiger charge is -2.19. The van der Waals surface area contributed by atoms with Crippen molar-refractivity contribution < 1.29 is 18.9 Å². The van der Waals surface area contributed by atoms with E-state index in [1.165, 1.54) is 6.07 Å². The Morgan fingerprint density at radius 2 is 2.05 bits per heavy atom. The first kappa shape index (κ1) is 14.8. The van der Waals surface area contributed by atoms with E-state index in [1.807, 2.05) is 19.1 Å². The van der Waals surface area contributed by atoms with Gasteiger partial charge in [0.2, 0.25) is 0 Å². The number of benzene rings is 1. The second kappa shape index (κ2) is 6.70. The van der Waals surface area contributed by atoms with Crippen molar-refractivity contribution in [2.45, 2.75) is 20.0 Å². The van der Waals surface area contributed by atoms with Crippen LogP contribution >= 0.6 is 0 Å². The fourth-order valence-corrected chi connectivity index (χ4v) is 2.08. The Morgan fingerprint density at radius 3 is 2.65 bits per heavy atom. The van der Waals surface area contributed by atoms with Crippen molar-refractivity contribution in [1.29, 1.82) is 0 Å². The van der Waals surface area contributed by atoms with Crippen LogP contribution in [0.3, 0.4) is 0 Å². The zero-order valence-electron chi connectivity index (χ0n) is 11.3. The second-order valence-electron chi connectivity index (χ2n) is 4.65. The lowest BCUT2D eigenvalue weighted by molar-refractivity contribution is 0.247. The van der Waals surface area contributed by atoms with Crippen molar-refractivity contribution in [3.8, 4) is 0 Å². The lowest BCUT2D eigenvalue weighted by atomic mass is 9.79. The van der Waals surface area contributed by atoms with Crippen LogP contribution < -0.4 is 5.46 Å². The average Bonchev–Trinajstić information content (AvgIpc) is 2.90. The summed E-state index contributed by atoms with van der Waals surface area (Å²) >= 11 is 0. The monoisotopic (exact) mass is 277 g/mol. The molecule has 1 aromatic heterocycles. The van der Waals surface area contributed by atoms with Gasteiger partial charge in [0.25, 0.3) is 0 Å². The molecule has 0 spiro atoms. The highest BCUT2D eigenvalue weighted by atomic mass is 19.1. The Morgan fingerprint density at radius 1 is 1.25 bits per heavy atom. The molecule has 0 radical (unpaired) electrons. The minimum Gasteiger partial charge on any atom is -0.468 e. The van der Waals surface area contributed by atoms with Crippen LogP contribution in [0.1, 0.15) is 18.2 Å². The molecule has 20 heavy (non-hydrogen) atoms. The van der Waals surface area contributed by atoms with Crippen LogP contribution in [0.2, 0.25) is 0 Å². The van der Waals surface area contributed by atoms with Crippen molar-refractivity contribution in [3.05, 3.63) is 53.7 Å². The predicted molar refractivity (Wildman–Crippen MR) is 74.7 cm³/mol. The Balaban J connectivity index is 2.10. The third kappa shape index (κ3) is 3.93. The van der Waals surface area contributed by atoms with Gasteiger partial charge in [0, 0.05) is 6.54 Å². The average molecular weight is 277 g/mol. The molecule has 0 unspecified atom stereocenters. The standard InChI is InChI=1S/C14H17BFNO3/c1-2-17(10-14-4-3-5-20-14)9-11-6-12(15(18)19)8-13(16)7-11/h3-8,18-19H,2,9-10H2,1H3. The molecule has 2 aromatic rings. The third-order valence-electron chi connectivity index (χ3n) is 3.09. The Labute approximate surface area is 117 Å². The Kier molecular flexibility index (Phi) is 4.95. The fraction of sp³-hybridized carbons (Fsp3) is 0.286. The summed E-state index contributed by atoms with van der Waals surface area (Å²) in [7, 11) is -1.66. The van der Waals surface area contributed by atoms with Crippen LogP contribution in [-0.2, 0) is 13.1 Å². The molecule has 0 saturated carbocycles. The predicted octanol–water partition coefficient (Wildman–Crippen LogP) is 1.12. The molecule has 2 N–H and O–H groups in total. The van der Waals surface area contributed by atoms with Crippen LogP contribution in [0.4, 0.5) is 4.39 Å². The van der Waals surface area contributed by atoms with Crippen molar-refractivity contribution in [3.63, 3.8) is 0 Å². The normalized spacial score (nSPS) is 11.1. The first-order valence-corrected chi connectivity index (χ1v) is 6.48. The topological polar surface area (TPSA) is 56.8 Å². The van der Waals surface area contributed by atoms with E-state index in [2.05, 4.69) is 4.90 Å². The molecule has 0 atom stereocenters. The molecule has 0 amide bonds. The summed E-state index contributed by atoms with van der Waals surface area (Å²) < 4.78 is 18.8. The van der Waals surface area contributed by atoms with Gasteiger partial charge in [0.15, 0.2) is 0 Å². The van der Waals surface area contributed by atoms with E-state index in [1.54, 1.807) is 12.3 Å². The molecule has 0 saturated heterocycles. The zero-order valence-corrected chi connectivity index (χ0v) is 11.3. The van der Waals surface area contributed by atoms with Crippen LogP contribution in [0, 0.1) is 5.82 Å². The molecule has 0 bridgehead atoms. The van der Waals surface area contributed by atoms with Crippen molar-refractivity contribution in [2.75, 3.05) is 6.54 Å². The minimum absolute atomic E-state index is 0.161. The first-order valence-electron chi connectivity index (χ1n) is 6.48. The molecule has 0 aliphatic carbocycles. The summed E-state index contributed by atoms with van der Waals surface area (Å²) in [6.07, 6.45) is 1.62. The van der Waals surface area contributed by atoms with Gasteiger partial charge in [-0.2, -0.15) is 0 Å². The summed E-state index contributed by atoms with van der Waals surface area (Å²) in [5.74, 6) is 0.366. The first-order chi connectivity index (χ1) is 9.58. The maximum absolute atomic E-state index is 13.5. The highest BCUT2D eigenvalue weighted by Gasteiger charge is 2.14. The van der Waals surface area contributed by atoms with E-state index in [9.17, 15) is 4.39 Å². The summed E-state index contributed by atoms with van der Waals surface area (Å²) in [4.78, 5) is 2.07. The van der Waals surface area contributed by atoms with Gasteiger partial charge in [-0.1, -0.05) is 13.0 Å². The number of halogens is 1. The Hall–Kier alpha value is -1.63. The number of hydrogen-bond acceptors (Lipinski definition) is 4. The van der Waals surface area contributed by atoms with E-state index in [0.717, 1.165) is 18.4 Å². The van der Waals surface area contributed by atoms with E-state index in [4.69, 9.17) is 14.5 Å². The summed E-state index contributed by atoms with van der Waals surface area (Å²) in [6, 6.07) is 7.83. The van der Waals surface area contributed by atoms with Gasteiger partial charge in [-0.15, -0.1) is 0 Å². The molecule has 1 heterocycles. The van der Waals surface area contributed by atoms with Crippen molar-refractivity contribution >= 4 is 12.6 Å². The zero-order chi connectivity index (χ0) is 14.5. The molecule has 1 aromatic carbocycles. The highest BCUT2D eigenvalue weighted by molar-refractivity contribution is 6.58. The van der Waals surface area contributed by atoms with Crippen LogP contribution in [-0.4, -0.2) is 28.6 Å². The van der Waals surface area contributed by atoms with E-state index in [-0.39, 0.29) is 5.46 Å². The smallest absolute Gasteiger partial charge is 0.468 e. The molecular weight excluding hydrogens is 260 g/mol.